The Morgan fingerprint density at radius 1 is 1.17 bits per heavy atom. The summed E-state index contributed by atoms with van der Waals surface area (Å²) in [6, 6.07) is 8.90. The van der Waals surface area contributed by atoms with Crippen molar-refractivity contribution in [1.82, 2.24) is 4.90 Å². The molecule has 0 saturated heterocycles. The summed E-state index contributed by atoms with van der Waals surface area (Å²) in [6.07, 6.45) is 4.87. The number of hydrogen-bond acceptors (Lipinski definition) is 2. The van der Waals surface area contributed by atoms with Gasteiger partial charge in [0.15, 0.2) is 0 Å². The highest BCUT2D eigenvalue weighted by Crippen LogP contribution is 2.16. The standard InChI is InChI=1S/C16H26N2/c1-2-14(13-17)7-10-18-11-8-15-5-3-4-6-16(15)9-12-18/h3-6,14H,2,7-13,17H2,1H3. The predicted octanol–water partition coefficient (Wildman–Crippen LogP) is 2.46. The van der Waals surface area contributed by atoms with Gasteiger partial charge in [0, 0.05) is 13.1 Å². The lowest BCUT2D eigenvalue weighted by Gasteiger charge is -2.22. The Bertz CT molecular complexity index is 331. The maximum atomic E-state index is 5.78. The lowest BCUT2D eigenvalue weighted by atomic mass is 10.0. The van der Waals surface area contributed by atoms with Crippen LogP contribution < -0.4 is 5.73 Å². The molecule has 1 aliphatic rings. The van der Waals surface area contributed by atoms with E-state index < -0.39 is 0 Å². The van der Waals surface area contributed by atoms with Crippen molar-refractivity contribution in [3.05, 3.63) is 35.4 Å². The first kappa shape index (κ1) is 13.6. The van der Waals surface area contributed by atoms with E-state index in [0.717, 1.165) is 6.54 Å². The van der Waals surface area contributed by atoms with Crippen LogP contribution in [-0.4, -0.2) is 31.1 Å². The predicted molar refractivity (Wildman–Crippen MR) is 77.7 cm³/mol. The first-order valence-corrected chi connectivity index (χ1v) is 7.32. The summed E-state index contributed by atoms with van der Waals surface area (Å²) in [5.41, 5.74) is 8.87. The van der Waals surface area contributed by atoms with Crippen molar-refractivity contribution in [3.8, 4) is 0 Å². The highest BCUT2D eigenvalue weighted by molar-refractivity contribution is 5.28. The van der Waals surface area contributed by atoms with Gasteiger partial charge in [-0.1, -0.05) is 37.6 Å². The number of nitrogens with zero attached hydrogens (tertiary/aromatic N) is 1. The fourth-order valence-corrected chi connectivity index (χ4v) is 2.79. The number of hydrogen-bond donors (Lipinski definition) is 1. The molecule has 1 atom stereocenters. The fourth-order valence-electron chi connectivity index (χ4n) is 2.79. The van der Waals surface area contributed by atoms with Crippen LogP contribution in [-0.2, 0) is 12.8 Å². The van der Waals surface area contributed by atoms with Gasteiger partial charge < -0.3 is 10.6 Å². The molecule has 0 bridgehead atoms. The molecule has 0 fully saturated rings. The molecule has 0 spiro atoms. The van der Waals surface area contributed by atoms with Gasteiger partial charge in [0.25, 0.3) is 0 Å². The number of benzene rings is 1. The van der Waals surface area contributed by atoms with Crippen LogP contribution in [0.25, 0.3) is 0 Å². The van der Waals surface area contributed by atoms with Crippen molar-refractivity contribution < 1.29 is 0 Å². The second-order valence-corrected chi connectivity index (χ2v) is 5.41. The molecule has 1 aromatic carbocycles. The van der Waals surface area contributed by atoms with E-state index in [0.29, 0.717) is 5.92 Å². The van der Waals surface area contributed by atoms with Gasteiger partial charge in [-0.2, -0.15) is 0 Å². The summed E-state index contributed by atoms with van der Waals surface area (Å²) in [5.74, 6) is 0.704. The SMILES string of the molecule is CCC(CN)CCN1CCc2ccccc2CC1. The fraction of sp³-hybridized carbons (Fsp3) is 0.625. The zero-order chi connectivity index (χ0) is 12.8. The van der Waals surface area contributed by atoms with Crippen LogP contribution in [0, 0.1) is 5.92 Å². The third-order valence-electron chi connectivity index (χ3n) is 4.28. The van der Waals surface area contributed by atoms with Crippen LogP contribution in [0.2, 0.25) is 0 Å². The molecule has 2 N–H and O–H groups in total. The second kappa shape index (κ2) is 6.91. The maximum absolute atomic E-state index is 5.78. The third kappa shape index (κ3) is 3.56. The van der Waals surface area contributed by atoms with Gasteiger partial charge in [-0.25, -0.2) is 0 Å². The zero-order valence-corrected chi connectivity index (χ0v) is 11.6. The topological polar surface area (TPSA) is 29.3 Å². The van der Waals surface area contributed by atoms with Crippen LogP contribution in [0.1, 0.15) is 30.9 Å². The lowest BCUT2D eigenvalue weighted by molar-refractivity contribution is 0.261. The molecule has 0 aromatic heterocycles. The Kier molecular flexibility index (Phi) is 5.21. The molecule has 1 aromatic rings. The molecule has 2 nitrogen and oxygen atoms in total. The Morgan fingerprint density at radius 3 is 2.28 bits per heavy atom. The Morgan fingerprint density at radius 2 is 1.78 bits per heavy atom. The Hall–Kier alpha value is -0.860. The van der Waals surface area contributed by atoms with E-state index in [1.165, 1.54) is 45.3 Å². The summed E-state index contributed by atoms with van der Waals surface area (Å²) in [5, 5.41) is 0. The summed E-state index contributed by atoms with van der Waals surface area (Å²) >= 11 is 0. The lowest BCUT2D eigenvalue weighted by Crippen LogP contribution is -2.30. The van der Waals surface area contributed by atoms with E-state index in [9.17, 15) is 0 Å². The third-order valence-corrected chi connectivity index (χ3v) is 4.28. The molecular weight excluding hydrogens is 220 g/mol. The van der Waals surface area contributed by atoms with Crippen LogP contribution in [0.5, 0.6) is 0 Å². The van der Waals surface area contributed by atoms with Crippen molar-refractivity contribution in [2.45, 2.75) is 32.6 Å². The first-order valence-electron chi connectivity index (χ1n) is 7.32. The van der Waals surface area contributed by atoms with Gasteiger partial charge in [-0.15, -0.1) is 0 Å². The van der Waals surface area contributed by atoms with Gasteiger partial charge in [0.2, 0.25) is 0 Å². The van der Waals surface area contributed by atoms with Crippen LogP contribution >= 0.6 is 0 Å². The zero-order valence-electron chi connectivity index (χ0n) is 11.6. The average molecular weight is 246 g/mol. The van der Waals surface area contributed by atoms with E-state index in [2.05, 4.69) is 36.1 Å². The highest BCUT2D eigenvalue weighted by atomic mass is 15.1. The minimum Gasteiger partial charge on any atom is -0.330 e. The van der Waals surface area contributed by atoms with Crippen molar-refractivity contribution >= 4 is 0 Å². The molecule has 1 aliphatic heterocycles. The monoisotopic (exact) mass is 246 g/mol. The maximum Gasteiger partial charge on any atom is 0.00221 e. The smallest absolute Gasteiger partial charge is 0.00221 e. The minimum absolute atomic E-state index is 0.704. The Balaban J connectivity index is 1.84. The first-order chi connectivity index (χ1) is 8.83. The quantitative estimate of drug-likeness (QED) is 0.865. The number of nitrogens with two attached hydrogens (primary N) is 1. The van der Waals surface area contributed by atoms with Crippen molar-refractivity contribution in [3.63, 3.8) is 0 Å². The molecule has 0 aliphatic carbocycles. The van der Waals surface area contributed by atoms with Gasteiger partial charge in [0.1, 0.15) is 0 Å². The summed E-state index contributed by atoms with van der Waals surface area (Å²) in [4.78, 5) is 2.61. The molecule has 100 valence electrons. The summed E-state index contributed by atoms with van der Waals surface area (Å²) in [7, 11) is 0. The minimum atomic E-state index is 0.704. The number of fused-ring (bicyclic) bond motifs is 1. The van der Waals surface area contributed by atoms with Crippen molar-refractivity contribution in [2.75, 3.05) is 26.2 Å². The molecule has 18 heavy (non-hydrogen) atoms. The van der Waals surface area contributed by atoms with Crippen molar-refractivity contribution in [1.29, 1.82) is 0 Å². The highest BCUT2D eigenvalue weighted by Gasteiger charge is 2.14. The van der Waals surface area contributed by atoms with E-state index in [1.807, 2.05) is 0 Å². The molecule has 0 radical (unpaired) electrons. The molecule has 0 amide bonds. The van der Waals surface area contributed by atoms with Crippen LogP contribution in [0.4, 0.5) is 0 Å². The van der Waals surface area contributed by atoms with Gasteiger partial charge >= 0.3 is 0 Å². The van der Waals surface area contributed by atoms with Crippen LogP contribution in [0.15, 0.2) is 24.3 Å². The van der Waals surface area contributed by atoms with E-state index in [-0.39, 0.29) is 0 Å². The largest absolute Gasteiger partial charge is 0.330 e. The molecule has 1 heterocycles. The van der Waals surface area contributed by atoms with Gasteiger partial charge in [-0.05, 0) is 49.4 Å². The molecule has 2 heteroatoms. The second-order valence-electron chi connectivity index (χ2n) is 5.41. The van der Waals surface area contributed by atoms with Crippen LogP contribution in [0.3, 0.4) is 0 Å². The normalized spacial score (nSPS) is 18.1. The van der Waals surface area contributed by atoms with E-state index in [4.69, 9.17) is 5.73 Å². The van der Waals surface area contributed by atoms with Gasteiger partial charge in [0.05, 0.1) is 0 Å². The van der Waals surface area contributed by atoms with E-state index >= 15 is 0 Å². The molecule has 1 unspecified atom stereocenters. The molecule has 2 rings (SSSR count). The Labute approximate surface area is 111 Å². The molecule has 0 saturated carbocycles. The van der Waals surface area contributed by atoms with Gasteiger partial charge in [-0.3, -0.25) is 0 Å². The summed E-state index contributed by atoms with van der Waals surface area (Å²) in [6.45, 7) is 6.71. The molecular formula is C16H26N2. The average Bonchev–Trinajstić information content (AvgIpc) is 2.63. The van der Waals surface area contributed by atoms with Crippen molar-refractivity contribution in [2.24, 2.45) is 11.7 Å². The van der Waals surface area contributed by atoms with E-state index in [1.54, 1.807) is 11.1 Å². The summed E-state index contributed by atoms with van der Waals surface area (Å²) < 4.78 is 0. The number of rotatable bonds is 5.